The first-order valence-corrected chi connectivity index (χ1v) is 7.78. The smallest absolute Gasteiger partial charge is 0.252 e. The SMILES string of the molecule is CCCNCC1CCCN(c2cc(=O)[nH]c(CC)n2)C1. The Morgan fingerprint density at radius 3 is 3.10 bits per heavy atom. The molecule has 1 unspecified atom stereocenters. The van der Waals surface area contributed by atoms with Gasteiger partial charge in [0, 0.05) is 25.6 Å². The highest BCUT2D eigenvalue weighted by Crippen LogP contribution is 2.20. The summed E-state index contributed by atoms with van der Waals surface area (Å²) >= 11 is 0. The van der Waals surface area contributed by atoms with Gasteiger partial charge in [0.25, 0.3) is 5.56 Å². The average Bonchev–Trinajstić information content (AvgIpc) is 2.47. The summed E-state index contributed by atoms with van der Waals surface area (Å²) in [6, 6.07) is 1.63. The quantitative estimate of drug-likeness (QED) is 0.775. The van der Waals surface area contributed by atoms with Crippen molar-refractivity contribution >= 4 is 5.82 Å². The molecule has 2 N–H and O–H groups in total. The summed E-state index contributed by atoms with van der Waals surface area (Å²) in [5, 5.41) is 3.50. The molecule has 2 rings (SSSR count). The molecule has 1 saturated heterocycles. The summed E-state index contributed by atoms with van der Waals surface area (Å²) in [7, 11) is 0. The number of aromatic amines is 1. The number of rotatable bonds is 6. The van der Waals surface area contributed by atoms with E-state index in [0.29, 0.717) is 5.92 Å². The van der Waals surface area contributed by atoms with Crippen LogP contribution in [0.2, 0.25) is 0 Å². The first-order chi connectivity index (χ1) is 9.72. The second kappa shape index (κ2) is 7.43. The summed E-state index contributed by atoms with van der Waals surface area (Å²) < 4.78 is 0. The van der Waals surface area contributed by atoms with E-state index in [4.69, 9.17) is 0 Å². The van der Waals surface area contributed by atoms with Crippen molar-refractivity contribution in [2.45, 2.75) is 39.5 Å². The molecule has 5 heteroatoms. The maximum absolute atomic E-state index is 11.7. The Labute approximate surface area is 120 Å². The Morgan fingerprint density at radius 2 is 2.35 bits per heavy atom. The fraction of sp³-hybridized carbons (Fsp3) is 0.733. The molecule has 0 aliphatic carbocycles. The van der Waals surface area contributed by atoms with Gasteiger partial charge in [-0.15, -0.1) is 0 Å². The second-order valence-corrected chi connectivity index (χ2v) is 5.56. The van der Waals surface area contributed by atoms with Crippen molar-refractivity contribution in [1.29, 1.82) is 0 Å². The zero-order valence-electron chi connectivity index (χ0n) is 12.6. The number of anilines is 1. The molecule has 1 aromatic heterocycles. The van der Waals surface area contributed by atoms with Crippen LogP contribution in [0.3, 0.4) is 0 Å². The van der Waals surface area contributed by atoms with Crippen LogP contribution >= 0.6 is 0 Å². The predicted molar refractivity (Wildman–Crippen MR) is 82.3 cm³/mol. The molecule has 1 fully saturated rings. The molecule has 0 saturated carbocycles. The Balaban J connectivity index is 2.01. The minimum Gasteiger partial charge on any atom is -0.356 e. The molecule has 0 amide bonds. The van der Waals surface area contributed by atoms with Crippen molar-refractivity contribution in [3.05, 3.63) is 22.2 Å². The summed E-state index contributed by atoms with van der Waals surface area (Å²) in [5.74, 6) is 2.27. The third-order valence-electron chi connectivity index (χ3n) is 3.81. The van der Waals surface area contributed by atoms with E-state index < -0.39 is 0 Å². The van der Waals surface area contributed by atoms with Crippen LogP contribution in [0.25, 0.3) is 0 Å². The van der Waals surface area contributed by atoms with Gasteiger partial charge in [0.15, 0.2) is 0 Å². The van der Waals surface area contributed by atoms with Gasteiger partial charge in [-0.25, -0.2) is 4.98 Å². The molecule has 0 aromatic carbocycles. The highest BCUT2D eigenvalue weighted by Gasteiger charge is 2.21. The first kappa shape index (κ1) is 15.0. The third kappa shape index (κ3) is 4.07. The lowest BCUT2D eigenvalue weighted by Gasteiger charge is -2.33. The van der Waals surface area contributed by atoms with E-state index in [-0.39, 0.29) is 5.56 Å². The lowest BCUT2D eigenvalue weighted by atomic mass is 9.98. The van der Waals surface area contributed by atoms with Gasteiger partial charge < -0.3 is 15.2 Å². The van der Waals surface area contributed by atoms with Crippen LogP contribution in [0.15, 0.2) is 10.9 Å². The monoisotopic (exact) mass is 278 g/mol. The van der Waals surface area contributed by atoms with Crippen molar-refractivity contribution in [3.63, 3.8) is 0 Å². The number of aryl methyl sites for hydroxylation is 1. The molecule has 1 aromatic rings. The van der Waals surface area contributed by atoms with Gasteiger partial charge in [0.05, 0.1) is 0 Å². The summed E-state index contributed by atoms with van der Waals surface area (Å²) in [5.41, 5.74) is -0.0434. The Kier molecular flexibility index (Phi) is 5.59. The molecule has 0 spiro atoms. The van der Waals surface area contributed by atoms with E-state index in [1.54, 1.807) is 6.07 Å². The van der Waals surface area contributed by atoms with Gasteiger partial charge in [-0.2, -0.15) is 0 Å². The molecule has 1 aliphatic heterocycles. The van der Waals surface area contributed by atoms with Crippen LogP contribution in [0.1, 0.15) is 38.9 Å². The molecule has 0 bridgehead atoms. The van der Waals surface area contributed by atoms with Crippen molar-refractivity contribution in [1.82, 2.24) is 15.3 Å². The van der Waals surface area contributed by atoms with Crippen molar-refractivity contribution in [2.24, 2.45) is 5.92 Å². The number of aromatic nitrogens is 2. The standard InChI is InChI=1S/C15H26N4O/c1-3-7-16-10-12-6-5-8-19(11-12)14-9-15(20)18-13(4-2)17-14/h9,12,16H,3-8,10-11H2,1-2H3,(H,17,18,20). The molecule has 0 radical (unpaired) electrons. The van der Waals surface area contributed by atoms with Crippen molar-refractivity contribution in [3.8, 4) is 0 Å². The maximum Gasteiger partial charge on any atom is 0.252 e. The van der Waals surface area contributed by atoms with Crippen LogP contribution in [-0.2, 0) is 6.42 Å². The summed E-state index contributed by atoms with van der Waals surface area (Å²) in [6.07, 6.45) is 4.37. The van der Waals surface area contributed by atoms with Crippen molar-refractivity contribution < 1.29 is 0 Å². The largest absolute Gasteiger partial charge is 0.356 e. The van der Waals surface area contributed by atoms with E-state index in [1.165, 1.54) is 19.3 Å². The topological polar surface area (TPSA) is 61.0 Å². The number of nitrogens with one attached hydrogen (secondary N) is 2. The third-order valence-corrected chi connectivity index (χ3v) is 3.81. The zero-order chi connectivity index (χ0) is 14.4. The number of piperidine rings is 1. The molecular weight excluding hydrogens is 252 g/mol. The lowest BCUT2D eigenvalue weighted by Crippen LogP contribution is -2.40. The lowest BCUT2D eigenvalue weighted by molar-refractivity contribution is 0.391. The van der Waals surface area contributed by atoms with Crippen LogP contribution in [0, 0.1) is 5.92 Å². The second-order valence-electron chi connectivity index (χ2n) is 5.56. The van der Waals surface area contributed by atoms with Gasteiger partial charge in [0.2, 0.25) is 0 Å². The van der Waals surface area contributed by atoms with Gasteiger partial charge >= 0.3 is 0 Å². The number of hydrogen-bond donors (Lipinski definition) is 2. The Bertz CT molecular complexity index is 471. The number of hydrogen-bond acceptors (Lipinski definition) is 4. The zero-order valence-corrected chi connectivity index (χ0v) is 12.6. The van der Waals surface area contributed by atoms with Crippen LogP contribution in [0.4, 0.5) is 5.82 Å². The van der Waals surface area contributed by atoms with E-state index >= 15 is 0 Å². The fourth-order valence-corrected chi connectivity index (χ4v) is 2.75. The van der Waals surface area contributed by atoms with Gasteiger partial charge in [-0.3, -0.25) is 4.79 Å². The molecule has 112 valence electrons. The van der Waals surface area contributed by atoms with Crippen molar-refractivity contribution in [2.75, 3.05) is 31.1 Å². The highest BCUT2D eigenvalue weighted by atomic mass is 16.1. The van der Waals surface area contributed by atoms with Crippen LogP contribution in [0.5, 0.6) is 0 Å². The van der Waals surface area contributed by atoms with E-state index in [2.05, 4.69) is 27.1 Å². The van der Waals surface area contributed by atoms with Gasteiger partial charge in [0.1, 0.15) is 11.6 Å². The number of nitrogens with zero attached hydrogens (tertiary/aromatic N) is 2. The first-order valence-electron chi connectivity index (χ1n) is 7.78. The van der Waals surface area contributed by atoms with E-state index in [0.717, 1.165) is 44.2 Å². The molecular formula is C15H26N4O. The van der Waals surface area contributed by atoms with E-state index in [9.17, 15) is 4.79 Å². The fourth-order valence-electron chi connectivity index (χ4n) is 2.75. The average molecular weight is 278 g/mol. The molecule has 1 atom stereocenters. The highest BCUT2D eigenvalue weighted by molar-refractivity contribution is 5.38. The summed E-state index contributed by atoms with van der Waals surface area (Å²) in [4.78, 5) is 21.3. The minimum absolute atomic E-state index is 0.0434. The molecule has 2 heterocycles. The van der Waals surface area contributed by atoms with Crippen LogP contribution < -0.4 is 15.8 Å². The van der Waals surface area contributed by atoms with E-state index in [1.807, 2.05) is 6.92 Å². The van der Waals surface area contributed by atoms with Gasteiger partial charge in [-0.05, 0) is 38.3 Å². The maximum atomic E-state index is 11.7. The van der Waals surface area contributed by atoms with Gasteiger partial charge in [-0.1, -0.05) is 13.8 Å². The molecule has 5 nitrogen and oxygen atoms in total. The Morgan fingerprint density at radius 1 is 1.50 bits per heavy atom. The van der Waals surface area contributed by atoms with Crippen LogP contribution in [-0.4, -0.2) is 36.1 Å². The summed E-state index contributed by atoms with van der Waals surface area (Å²) in [6.45, 7) is 8.34. The minimum atomic E-state index is -0.0434. The molecule has 20 heavy (non-hydrogen) atoms. The molecule has 1 aliphatic rings. The Hall–Kier alpha value is -1.36. The predicted octanol–water partition coefficient (Wildman–Crippen LogP) is 1.55. The normalized spacial score (nSPS) is 19.3. The number of H-pyrrole nitrogens is 1.